The van der Waals surface area contributed by atoms with Crippen molar-refractivity contribution in [3.05, 3.63) is 33.2 Å². The van der Waals surface area contributed by atoms with Crippen LogP contribution >= 0.6 is 34.4 Å². The zero-order chi connectivity index (χ0) is 28.3. The Morgan fingerprint density at radius 2 is 2.10 bits per heavy atom. The van der Waals surface area contributed by atoms with Crippen molar-refractivity contribution in [1.29, 1.82) is 0 Å². The minimum atomic E-state index is -1.22. The van der Waals surface area contributed by atoms with Crippen molar-refractivity contribution in [3.8, 4) is 0 Å². The van der Waals surface area contributed by atoms with Crippen molar-refractivity contribution in [2.45, 2.75) is 38.5 Å². The number of nitrogens with two attached hydrogens (primary N) is 1. The number of hydrogen-bond acceptors (Lipinski definition) is 14. The molecule has 39 heavy (non-hydrogen) atoms. The van der Waals surface area contributed by atoms with E-state index in [2.05, 4.69) is 20.4 Å². The second-order valence-corrected chi connectivity index (χ2v) is 11.6. The average molecular weight is 595 g/mol. The van der Waals surface area contributed by atoms with Gasteiger partial charge in [-0.05, 0) is 13.0 Å². The predicted molar refractivity (Wildman–Crippen MR) is 146 cm³/mol. The molecule has 0 spiro atoms. The molecule has 208 valence electrons. The zero-order valence-corrected chi connectivity index (χ0v) is 23.9. The number of rotatable bonds is 9. The molecule has 2 fully saturated rings. The summed E-state index contributed by atoms with van der Waals surface area (Å²) in [6.45, 7) is 4.52. The van der Waals surface area contributed by atoms with Crippen LogP contribution in [0.2, 0.25) is 0 Å². The number of carbonyl (C=O) groups excluding carboxylic acids is 4. The summed E-state index contributed by atoms with van der Waals surface area (Å²) in [6, 6.07) is -0.845. The molecule has 2 aromatic rings. The quantitative estimate of drug-likeness (QED) is 0.141. The summed E-state index contributed by atoms with van der Waals surface area (Å²) in [4.78, 5) is 66.2. The van der Waals surface area contributed by atoms with E-state index in [1.54, 1.807) is 23.0 Å². The van der Waals surface area contributed by atoms with E-state index in [0.717, 1.165) is 21.9 Å². The molecule has 4 rings (SSSR count). The maximum Gasteiger partial charge on any atom is 0.321 e. The van der Waals surface area contributed by atoms with Gasteiger partial charge in [0.15, 0.2) is 10.8 Å². The fraction of sp³-hybridized carbons (Fsp3) is 0.435. The van der Waals surface area contributed by atoms with Crippen molar-refractivity contribution >= 4 is 75.1 Å². The number of nitrogen functional groups attached to an aromatic ring is 1. The van der Waals surface area contributed by atoms with Crippen molar-refractivity contribution < 1.29 is 33.5 Å². The number of nitrogens with one attached hydrogen (secondary N) is 1. The largest absolute Gasteiger partial charge is 0.426 e. The third-order valence-electron chi connectivity index (χ3n) is 5.90. The SMILES string of the molecule is CON=C(C(=O)NC1C(=O)N2CC(C=Cc3scnc3C)(C(=O)OC(C)OC(C)=O)CS[C@H]12)c1csc(N)n1. The van der Waals surface area contributed by atoms with E-state index in [1.807, 2.05) is 6.92 Å². The first kappa shape index (κ1) is 28.5. The van der Waals surface area contributed by atoms with Crippen molar-refractivity contribution in [1.82, 2.24) is 20.2 Å². The van der Waals surface area contributed by atoms with E-state index in [0.29, 0.717) is 0 Å². The summed E-state index contributed by atoms with van der Waals surface area (Å²) in [7, 11) is 1.29. The predicted octanol–water partition coefficient (Wildman–Crippen LogP) is 1.39. The van der Waals surface area contributed by atoms with Gasteiger partial charge >= 0.3 is 11.9 Å². The molecule has 2 aliphatic heterocycles. The maximum absolute atomic E-state index is 13.4. The summed E-state index contributed by atoms with van der Waals surface area (Å²) >= 11 is 3.87. The van der Waals surface area contributed by atoms with Crippen molar-refractivity contribution in [2.24, 2.45) is 10.6 Å². The van der Waals surface area contributed by atoms with Gasteiger partial charge in [0, 0.05) is 36.4 Å². The van der Waals surface area contributed by atoms with Gasteiger partial charge < -0.3 is 30.3 Å². The van der Waals surface area contributed by atoms with E-state index in [9.17, 15) is 19.2 Å². The highest BCUT2D eigenvalue weighted by Crippen LogP contribution is 2.44. The van der Waals surface area contributed by atoms with Gasteiger partial charge in [0.05, 0.1) is 11.2 Å². The molecule has 0 saturated carbocycles. The highest BCUT2D eigenvalue weighted by molar-refractivity contribution is 8.00. The fourth-order valence-electron chi connectivity index (χ4n) is 4.02. The Morgan fingerprint density at radius 3 is 2.72 bits per heavy atom. The van der Waals surface area contributed by atoms with Gasteiger partial charge in [0.2, 0.25) is 12.2 Å². The monoisotopic (exact) mass is 594 g/mol. The molecule has 3 N–H and O–H groups in total. The minimum absolute atomic E-state index is 0.0114. The molecular formula is C23H26N6O7S3. The minimum Gasteiger partial charge on any atom is -0.426 e. The van der Waals surface area contributed by atoms with Gasteiger partial charge in [-0.25, -0.2) is 9.97 Å². The van der Waals surface area contributed by atoms with Gasteiger partial charge in [-0.15, -0.1) is 34.4 Å². The second-order valence-electron chi connectivity index (χ2n) is 8.69. The molecule has 4 heterocycles. The molecule has 2 saturated heterocycles. The molecule has 2 amide bonds. The molecule has 0 bridgehead atoms. The van der Waals surface area contributed by atoms with Crippen LogP contribution in [0.5, 0.6) is 0 Å². The van der Waals surface area contributed by atoms with Crippen LogP contribution in [0.3, 0.4) is 0 Å². The Bertz CT molecular complexity index is 1340. The number of β-lactam (4-membered cyclic amide) rings is 1. The van der Waals surface area contributed by atoms with Crippen LogP contribution in [0.4, 0.5) is 5.13 Å². The molecule has 2 aromatic heterocycles. The Kier molecular flexibility index (Phi) is 8.56. The first-order valence-corrected chi connectivity index (χ1v) is 14.4. The molecule has 16 heteroatoms. The number of aromatic nitrogens is 2. The molecule has 4 atom stereocenters. The second kappa shape index (κ2) is 11.7. The lowest BCUT2D eigenvalue weighted by Gasteiger charge is -2.53. The lowest BCUT2D eigenvalue weighted by atomic mass is 9.86. The summed E-state index contributed by atoms with van der Waals surface area (Å²) in [5, 5.41) is 7.84. The van der Waals surface area contributed by atoms with Crippen LogP contribution in [0.25, 0.3) is 6.08 Å². The van der Waals surface area contributed by atoms with Crippen molar-refractivity contribution in [3.63, 3.8) is 0 Å². The Morgan fingerprint density at radius 1 is 1.33 bits per heavy atom. The molecule has 2 aliphatic rings. The molecule has 0 radical (unpaired) electrons. The summed E-state index contributed by atoms with van der Waals surface area (Å²) in [5.41, 5.74) is 7.06. The number of ether oxygens (including phenoxy) is 2. The van der Waals surface area contributed by atoms with Gasteiger partial charge in [0.25, 0.3) is 5.91 Å². The summed E-state index contributed by atoms with van der Waals surface area (Å²) in [6.07, 6.45) is 2.38. The number of thiazole rings is 2. The topological polar surface area (TPSA) is 175 Å². The molecule has 0 aromatic carbocycles. The smallest absolute Gasteiger partial charge is 0.321 e. The van der Waals surface area contributed by atoms with Gasteiger partial charge in [-0.1, -0.05) is 11.2 Å². The number of fused-ring (bicyclic) bond motifs is 1. The van der Waals surface area contributed by atoms with E-state index in [4.69, 9.17) is 20.0 Å². The number of amides is 2. The van der Waals surface area contributed by atoms with Crippen LogP contribution < -0.4 is 11.1 Å². The van der Waals surface area contributed by atoms with Gasteiger partial charge in [-0.2, -0.15) is 0 Å². The highest BCUT2D eigenvalue weighted by atomic mass is 32.2. The third kappa shape index (κ3) is 6.07. The lowest BCUT2D eigenvalue weighted by Crippen LogP contribution is -2.74. The number of thioether (sulfide) groups is 1. The van der Waals surface area contributed by atoms with Crippen LogP contribution in [-0.2, 0) is 33.5 Å². The van der Waals surface area contributed by atoms with Crippen molar-refractivity contribution in [2.75, 3.05) is 25.1 Å². The highest BCUT2D eigenvalue weighted by Gasteiger charge is 2.57. The van der Waals surface area contributed by atoms with E-state index in [1.165, 1.54) is 49.0 Å². The number of nitrogens with zero attached hydrogens (tertiary/aromatic N) is 4. The van der Waals surface area contributed by atoms with Crippen LogP contribution in [0.15, 0.2) is 22.1 Å². The van der Waals surface area contributed by atoms with Gasteiger partial charge in [-0.3, -0.25) is 19.2 Å². The molecular weight excluding hydrogens is 568 g/mol. The van der Waals surface area contributed by atoms with Gasteiger partial charge in [0.1, 0.15) is 29.6 Å². The van der Waals surface area contributed by atoms with Crippen LogP contribution in [0.1, 0.15) is 30.1 Å². The maximum atomic E-state index is 13.4. The Hall–Kier alpha value is -3.50. The fourth-order valence-corrected chi connectivity index (χ4v) is 6.77. The van der Waals surface area contributed by atoms with E-state index >= 15 is 0 Å². The van der Waals surface area contributed by atoms with E-state index in [-0.39, 0.29) is 34.7 Å². The molecule has 3 unspecified atom stereocenters. The first-order chi connectivity index (χ1) is 18.5. The summed E-state index contributed by atoms with van der Waals surface area (Å²) < 4.78 is 10.4. The van der Waals surface area contributed by atoms with E-state index < -0.39 is 41.0 Å². The number of esters is 2. The standard InChI is InChI=1S/C23H26N6O7S3/c1-11-15(39-10-25-11)5-6-23(21(33)36-13(3)35-12(2)30)8-29-19(32)17(20(29)38-9-23)27-18(31)16(28-34-4)14-7-37-22(24)26-14/h5-7,10,13,17,20H,8-9H2,1-4H3,(H2,24,26)(H,27,31)/t13?,17?,20-,23?/m1/s1. The normalized spacial score (nSPS) is 23.5. The Labute approximate surface area is 235 Å². The third-order valence-corrected chi connectivity index (χ3v) is 9.02. The number of hydrogen-bond donors (Lipinski definition) is 2. The number of oxime groups is 1. The number of aryl methyl sites for hydroxylation is 1. The average Bonchev–Trinajstić information content (AvgIpc) is 3.50. The number of anilines is 1. The van der Waals surface area contributed by atoms with Crippen LogP contribution in [-0.4, -0.2) is 81.4 Å². The summed E-state index contributed by atoms with van der Waals surface area (Å²) in [5.74, 6) is -2.01. The molecule has 13 nitrogen and oxygen atoms in total. The molecule has 0 aliphatic carbocycles. The number of carbonyl (C=O) groups is 4. The van der Waals surface area contributed by atoms with Crippen LogP contribution in [0, 0.1) is 12.3 Å². The first-order valence-electron chi connectivity index (χ1n) is 11.6. The zero-order valence-electron chi connectivity index (χ0n) is 21.4. The lowest BCUT2D eigenvalue weighted by molar-refractivity contribution is -0.189. The Balaban J connectivity index is 1.51.